The summed E-state index contributed by atoms with van der Waals surface area (Å²) < 4.78 is 7.77. The first-order chi connectivity index (χ1) is 10.6. The molecule has 5 nitrogen and oxygen atoms in total. The largest absolute Gasteiger partial charge is 0.472 e. The molecule has 114 valence electrons. The molecule has 0 saturated heterocycles. The van der Waals surface area contributed by atoms with Gasteiger partial charge >= 0.3 is 0 Å². The van der Waals surface area contributed by atoms with Crippen LogP contribution in [0.4, 0.5) is 5.69 Å². The molecule has 1 aromatic carbocycles. The van der Waals surface area contributed by atoms with Gasteiger partial charge in [0, 0.05) is 37.7 Å². The molecule has 0 aliphatic rings. The van der Waals surface area contributed by atoms with Crippen molar-refractivity contribution in [1.29, 1.82) is 0 Å². The van der Waals surface area contributed by atoms with Crippen LogP contribution in [0.1, 0.15) is 13.8 Å². The minimum absolute atomic E-state index is 0.0629. The highest BCUT2D eigenvalue weighted by Gasteiger charge is 2.14. The SMILES string of the molecule is CC(C)Oc1nccn2c(-c3ccccc3N(C)C)cnc12. The van der Waals surface area contributed by atoms with E-state index in [4.69, 9.17) is 4.74 Å². The number of aromatic nitrogens is 3. The number of nitrogens with zero attached hydrogens (tertiary/aromatic N) is 4. The number of ether oxygens (including phenoxy) is 1. The molecule has 0 radical (unpaired) electrons. The Bertz CT molecular complexity index is 792. The van der Waals surface area contributed by atoms with Gasteiger partial charge in [-0.2, -0.15) is 0 Å². The Morgan fingerprint density at radius 2 is 1.91 bits per heavy atom. The van der Waals surface area contributed by atoms with Gasteiger partial charge in [-0.25, -0.2) is 9.97 Å². The molecular weight excluding hydrogens is 276 g/mol. The molecule has 3 aromatic rings. The van der Waals surface area contributed by atoms with E-state index in [2.05, 4.69) is 27.0 Å². The van der Waals surface area contributed by atoms with Gasteiger partial charge in [0.2, 0.25) is 5.65 Å². The molecule has 0 spiro atoms. The van der Waals surface area contributed by atoms with E-state index in [9.17, 15) is 0 Å². The summed E-state index contributed by atoms with van der Waals surface area (Å²) in [7, 11) is 4.08. The molecule has 0 saturated carbocycles. The summed E-state index contributed by atoms with van der Waals surface area (Å²) in [6, 6.07) is 8.27. The molecular formula is C17H20N4O. The number of benzene rings is 1. The number of hydrogen-bond donors (Lipinski definition) is 0. The second-order valence-corrected chi connectivity index (χ2v) is 5.65. The molecule has 2 aromatic heterocycles. The Kier molecular flexibility index (Phi) is 3.71. The second kappa shape index (κ2) is 5.67. The Labute approximate surface area is 130 Å². The van der Waals surface area contributed by atoms with Crippen LogP contribution in [-0.2, 0) is 0 Å². The van der Waals surface area contributed by atoms with E-state index in [1.807, 2.05) is 56.9 Å². The van der Waals surface area contributed by atoms with Crippen LogP contribution in [0.2, 0.25) is 0 Å². The lowest BCUT2D eigenvalue weighted by Gasteiger charge is -2.17. The molecule has 0 aliphatic carbocycles. The maximum Gasteiger partial charge on any atom is 0.258 e. The van der Waals surface area contributed by atoms with Gasteiger partial charge < -0.3 is 9.64 Å². The molecule has 3 rings (SSSR count). The number of para-hydroxylation sites is 1. The highest BCUT2D eigenvalue weighted by Crippen LogP contribution is 2.31. The Morgan fingerprint density at radius 3 is 2.64 bits per heavy atom. The second-order valence-electron chi connectivity index (χ2n) is 5.65. The molecule has 0 amide bonds. The smallest absolute Gasteiger partial charge is 0.258 e. The fourth-order valence-corrected chi connectivity index (χ4v) is 2.48. The van der Waals surface area contributed by atoms with Gasteiger partial charge in [0.25, 0.3) is 5.88 Å². The van der Waals surface area contributed by atoms with E-state index in [0.717, 1.165) is 22.6 Å². The lowest BCUT2D eigenvalue weighted by molar-refractivity contribution is 0.234. The van der Waals surface area contributed by atoms with E-state index < -0.39 is 0 Å². The first-order valence-corrected chi connectivity index (χ1v) is 7.33. The van der Waals surface area contributed by atoms with Crippen LogP contribution in [0.3, 0.4) is 0 Å². The number of rotatable bonds is 4. The predicted octanol–water partition coefficient (Wildman–Crippen LogP) is 3.25. The third kappa shape index (κ3) is 2.50. The normalized spacial score (nSPS) is 11.1. The molecule has 22 heavy (non-hydrogen) atoms. The van der Waals surface area contributed by atoms with Gasteiger partial charge in [-0.15, -0.1) is 0 Å². The third-order valence-corrected chi connectivity index (χ3v) is 3.40. The van der Waals surface area contributed by atoms with Gasteiger partial charge in [-0.3, -0.25) is 4.40 Å². The van der Waals surface area contributed by atoms with Crippen LogP contribution in [0.25, 0.3) is 16.9 Å². The quantitative estimate of drug-likeness (QED) is 0.741. The maximum absolute atomic E-state index is 5.75. The third-order valence-electron chi connectivity index (χ3n) is 3.40. The van der Waals surface area contributed by atoms with E-state index in [-0.39, 0.29) is 6.10 Å². The summed E-state index contributed by atoms with van der Waals surface area (Å²) in [6.07, 6.45) is 5.59. The fraction of sp³-hybridized carbons (Fsp3) is 0.294. The van der Waals surface area contributed by atoms with Crippen molar-refractivity contribution in [3.05, 3.63) is 42.9 Å². The van der Waals surface area contributed by atoms with Gasteiger partial charge in [-0.05, 0) is 19.9 Å². The number of fused-ring (bicyclic) bond motifs is 1. The van der Waals surface area contributed by atoms with Crippen LogP contribution in [-0.4, -0.2) is 34.6 Å². The molecule has 0 fully saturated rings. The topological polar surface area (TPSA) is 42.7 Å². The van der Waals surface area contributed by atoms with Gasteiger partial charge in [0.05, 0.1) is 18.0 Å². The van der Waals surface area contributed by atoms with Crippen molar-refractivity contribution in [3.63, 3.8) is 0 Å². The summed E-state index contributed by atoms with van der Waals surface area (Å²) in [5.41, 5.74) is 4.03. The fourth-order valence-electron chi connectivity index (χ4n) is 2.48. The monoisotopic (exact) mass is 296 g/mol. The minimum Gasteiger partial charge on any atom is -0.472 e. The van der Waals surface area contributed by atoms with Gasteiger partial charge in [0.1, 0.15) is 0 Å². The van der Waals surface area contributed by atoms with E-state index in [1.54, 1.807) is 6.20 Å². The van der Waals surface area contributed by atoms with E-state index >= 15 is 0 Å². The first-order valence-electron chi connectivity index (χ1n) is 7.33. The summed E-state index contributed by atoms with van der Waals surface area (Å²) in [5, 5.41) is 0. The molecule has 0 aliphatic heterocycles. The lowest BCUT2D eigenvalue weighted by Crippen LogP contribution is -2.10. The lowest BCUT2D eigenvalue weighted by atomic mass is 10.1. The van der Waals surface area contributed by atoms with Crippen molar-refractivity contribution in [2.75, 3.05) is 19.0 Å². The molecule has 0 N–H and O–H groups in total. The number of imidazole rings is 1. The van der Waals surface area contributed by atoms with Gasteiger partial charge in [0.15, 0.2) is 0 Å². The van der Waals surface area contributed by atoms with Gasteiger partial charge in [-0.1, -0.05) is 18.2 Å². The Hall–Kier alpha value is -2.56. The highest BCUT2D eigenvalue weighted by molar-refractivity contribution is 5.78. The average molecular weight is 296 g/mol. The molecule has 0 unspecified atom stereocenters. The van der Waals surface area contributed by atoms with Crippen molar-refractivity contribution < 1.29 is 4.74 Å². The van der Waals surface area contributed by atoms with Crippen LogP contribution >= 0.6 is 0 Å². The van der Waals surface area contributed by atoms with Crippen LogP contribution in [0.15, 0.2) is 42.9 Å². The van der Waals surface area contributed by atoms with Crippen molar-refractivity contribution >= 4 is 11.3 Å². The summed E-state index contributed by atoms with van der Waals surface area (Å²) in [4.78, 5) is 10.9. The average Bonchev–Trinajstić information content (AvgIpc) is 2.91. The van der Waals surface area contributed by atoms with Crippen molar-refractivity contribution in [2.24, 2.45) is 0 Å². The van der Waals surface area contributed by atoms with Crippen molar-refractivity contribution in [1.82, 2.24) is 14.4 Å². The highest BCUT2D eigenvalue weighted by atomic mass is 16.5. The van der Waals surface area contributed by atoms with Crippen LogP contribution < -0.4 is 9.64 Å². The molecule has 2 heterocycles. The zero-order valence-electron chi connectivity index (χ0n) is 13.3. The number of anilines is 1. The summed E-state index contributed by atoms with van der Waals surface area (Å²) >= 11 is 0. The number of hydrogen-bond acceptors (Lipinski definition) is 4. The maximum atomic E-state index is 5.75. The zero-order valence-corrected chi connectivity index (χ0v) is 13.3. The van der Waals surface area contributed by atoms with Crippen LogP contribution in [0, 0.1) is 0 Å². The molecule has 0 bridgehead atoms. The first kappa shape index (κ1) is 14.4. The summed E-state index contributed by atoms with van der Waals surface area (Å²) in [6.45, 7) is 3.97. The summed E-state index contributed by atoms with van der Waals surface area (Å²) in [5.74, 6) is 0.561. The predicted molar refractivity (Wildman–Crippen MR) is 88.5 cm³/mol. The Balaban J connectivity index is 2.18. The van der Waals surface area contributed by atoms with E-state index in [1.165, 1.54) is 0 Å². The molecule has 5 heteroatoms. The standard InChI is InChI=1S/C17H20N4O/c1-12(2)22-17-16-19-11-15(21(16)10-9-18-17)13-7-5-6-8-14(13)20(3)4/h5-12H,1-4H3. The molecule has 0 atom stereocenters. The van der Waals surface area contributed by atoms with Crippen molar-refractivity contribution in [3.8, 4) is 17.1 Å². The minimum atomic E-state index is 0.0629. The Morgan fingerprint density at radius 1 is 1.14 bits per heavy atom. The zero-order chi connectivity index (χ0) is 15.7. The van der Waals surface area contributed by atoms with E-state index in [0.29, 0.717) is 5.88 Å². The van der Waals surface area contributed by atoms with Crippen molar-refractivity contribution in [2.45, 2.75) is 20.0 Å². The van der Waals surface area contributed by atoms with Crippen LogP contribution in [0.5, 0.6) is 5.88 Å².